The highest BCUT2D eigenvalue weighted by Gasteiger charge is 2.37. The Balaban J connectivity index is 2.03. The molecule has 2 heteroatoms. The van der Waals surface area contributed by atoms with Crippen molar-refractivity contribution >= 4 is 5.69 Å². The number of anilines is 1. The molecule has 1 aliphatic carbocycles. The molecule has 0 aromatic heterocycles. The molecule has 3 N–H and O–H groups in total. The van der Waals surface area contributed by atoms with Gasteiger partial charge in [0.2, 0.25) is 0 Å². The predicted octanol–water partition coefficient (Wildman–Crippen LogP) is 3.85. The van der Waals surface area contributed by atoms with Crippen molar-refractivity contribution in [2.24, 2.45) is 5.73 Å². The van der Waals surface area contributed by atoms with Crippen LogP contribution in [-0.4, -0.2) is 6.54 Å². The van der Waals surface area contributed by atoms with Gasteiger partial charge in [-0.05, 0) is 42.0 Å². The molecule has 3 rings (SSSR count). The van der Waals surface area contributed by atoms with Crippen LogP contribution < -0.4 is 11.1 Å². The van der Waals surface area contributed by atoms with Crippen LogP contribution in [0.5, 0.6) is 0 Å². The maximum absolute atomic E-state index is 6.18. The molecule has 2 unspecified atom stereocenters. The Morgan fingerprint density at radius 3 is 2.55 bits per heavy atom. The standard InChI is InChI=1S/C18H22N2/c1-14-11-12-18(13-19,17-10-6-5-9-16(14)17)20-15-7-3-2-4-8-15/h2-10,14,20H,11-13,19H2,1H3. The van der Waals surface area contributed by atoms with Crippen molar-refractivity contribution in [3.63, 3.8) is 0 Å². The minimum Gasteiger partial charge on any atom is -0.374 e. The highest BCUT2D eigenvalue weighted by Crippen LogP contribution is 2.42. The van der Waals surface area contributed by atoms with Crippen LogP contribution in [0.4, 0.5) is 5.69 Å². The summed E-state index contributed by atoms with van der Waals surface area (Å²) in [6.07, 6.45) is 2.25. The molecule has 0 fully saturated rings. The van der Waals surface area contributed by atoms with Gasteiger partial charge in [0.15, 0.2) is 0 Å². The lowest BCUT2D eigenvalue weighted by molar-refractivity contribution is 0.391. The fourth-order valence-corrected chi connectivity index (χ4v) is 3.31. The maximum Gasteiger partial charge on any atom is 0.0750 e. The minimum absolute atomic E-state index is 0.134. The highest BCUT2D eigenvalue weighted by atomic mass is 15.0. The zero-order valence-electron chi connectivity index (χ0n) is 12.0. The van der Waals surface area contributed by atoms with Crippen LogP contribution in [0.25, 0.3) is 0 Å². The fourth-order valence-electron chi connectivity index (χ4n) is 3.31. The van der Waals surface area contributed by atoms with E-state index in [1.54, 1.807) is 0 Å². The molecule has 0 aliphatic heterocycles. The Morgan fingerprint density at radius 2 is 1.80 bits per heavy atom. The second-order valence-electron chi connectivity index (χ2n) is 5.80. The number of hydrogen-bond donors (Lipinski definition) is 2. The lowest BCUT2D eigenvalue weighted by atomic mass is 9.72. The van der Waals surface area contributed by atoms with Crippen molar-refractivity contribution < 1.29 is 0 Å². The molecule has 0 radical (unpaired) electrons. The zero-order valence-corrected chi connectivity index (χ0v) is 12.0. The summed E-state index contributed by atoms with van der Waals surface area (Å²) in [5, 5.41) is 3.70. The van der Waals surface area contributed by atoms with Crippen molar-refractivity contribution in [2.75, 3.05) is 11.9 Å². The summed E-state index contributed by atoms with van der Waals surface area (Å²) in [5.41, 5.74) is 9.99. The normalized spacial score (nSPS) is 25.0. The van der Waals surface area contributed by atoms with E-state index in [1.807, 2.05) is 6.07 Å². The first-order valence-electron chi connectivity index (χ1n) is 7.38. The average molecular weight is 266 g/mol. The molecule has 104 valence electrons. The second kappa shape index (κ2) is 5.29. The smallest absolute Gasteiger partial charge is 0.0750 e. The molecule has 0 saturated carbocycles. The molecule has 2 aromatic rings. The van der Waals surface area contributed by atoms with E-state index < -0.39 is 0 Å². The molecule has 0 spiro atoms. The van der Waals surface area contributed by atoms with Gasteiger partial charge in [0.05, 0.1) is 5.54 Å². The van der Waals surface area contributed by atoms with E-state index in [4.69, 9.17) is 5.73 Å². The number of nitrogens with one attached hydrogen (secondary N) is 1. The lowest BCUT2D eigenvalue weighted by Crippen LogP contribution is -2.45. The van der Waals surface area contributed by atoms with E-state index in [-0.39, 0.29) is 5.54 Å². The Hall–Kier alpha value is -1.80. The second-order valence-corrected chi connectivity index (χ2v) is 5.80. The number of para-hydroxylation sites is 1. The van der Waals surface area contributed by atoms with E-state index in [2.05, 4.69) is 60.8 Å². The van der Waals surface area contributed by atoms with Gasteiger partial charge in [0.25, 0.3) is 0 Å². The first kappa shape index (κ1) is 13.2. The van der Waals surface area contributed by atoms with Crippen LogP contribution in [0, 0.1) is 0 Å². The third-order valence-corrected chi connectivity index (χ3v) is 4.52. The van der Waals surface area contributed by atoms with Crippen molar-refractivity contribution in [3.8, 4) is 0 Å². The molecule has 0 bridgehead atoms. The monoisotopic (exact) mass is 266 g/mol. The molecular weight excluding hydrogens is 244 g/mol. The topological polar surface area (TPSA) is 38.0 Å². The van der Waals surface area contributed by atoms with E-state index in [0.29, 0.717) is 12.5 Å². The van der Waals surface area contributed by atoms with E-state index >= 15 is 0 Å². The Bertz CT molecular complexity index is 579. The van der Waals surface area contributed by atoms with Crippen LogP contribution >= 0.6 is 0 Å². The van der Waals surface area contributed by atoms with Gasteiger partial charge in [0.1, 0.15) is 0 Å². The van der Waals surface area contributed by atoms with E-state index in [1.165, 1.54) is 17.5 Å². The summed E-state index contributed by atoms with van der Waals surface area (Å²) in [6, 6.07) is 19.1. The van der Waals surface area contributed by atoms with Crippen molar-refractivity contribution in [2.45, 2.75) is 31.2 Å². The third-order valence-electron chi connectivity index (χ3n) is 4.52. The SMILES string of the molecule is CC1CCC(CN)(Nc2ccccc2)c2ccccc21. The van der Waals surface area contributed by atoms with Crippen molar-refractivity contribution in [3.05, 3.63) is 65.7 Å². The van der Waals surface area contributed by atoms with Crippen LogP contribution in [0.2, 0.25) is 0 Å². The molecule has 0 amide bonds. The van der Waals surface area contributed by atoms with Crippen LogP contribution in [0.15, 0.2) is 54.6 Å². The quantitative estimate of drug-likeness (QED) is 0.885. The summed E-state index contributed by atoms with van der Waals surface area (Å²) in [5.74, 6) is 0.614. The predicted molar refractivity (Wildman–Crippen MR) is 84.9 cm³/mol. The Labute approximate surface area is 121 Å². The molecule has 1 aliphatic rings. The lowest BCUT2D eigenvalue weighted by Gasteiger charge is -2.42. The molecule has 0 saturated heterocycles. The number of benzene rings is 2. The van der Waals surface area contributed by atoms with E-state index in [9.17, 15) is 0 Å². The van der Waals surface area contributed by atoms with Gasteiger partial charge < -0.3 is 11.1 Å². The van der Waals surface area contributed by atoms with Gasteiger partial charge in [-0.1, -0.05) is 49.4 Å². The van der Waals surface area contributed by atoms with Crippen molar-refractivity contribution in [1.29, 1.82) is 0 Å². The summed E-state index contributed by atoms with van der Waals surface area (Å²) < 4.78 is 0. The van der Waals surface area contributed by atoms with Crippen LogP contribution in [-0.2, 0) is 5.54 Å². The number of nitrogens with two attached hydrogens (primary N) is 1. The van der Waals surface area contributed by atoms with Gasteiger partial charge >= 0.3 is 0 Å². The first-order chi connectivity index (χ1) is 9.75. The number of rotatable bonds is 3. The zero-order chi connectivity index (χ0) is 14.0. The summed E-state index contributed by atoms with van der Waals surface area (Å²) >= 11 is 0. The van der Waals surface area contributed by atoms with Crippen LogP contribution in [0.3, 0.4) is 0 Å². The number of hydrogen-bond acceptors (Lipinski definition) is 2. The van der Waals surface area contributed by atoms with Gasteiger partial charge in [-0.25, -0.2) is 0 Å². The molecule has 2 atom stereocenters. The van der Waals surface area contributed by atoms with Crippen LogP contribution in [0.1, 0.15) is 36.8 Å². The Kier molecular flexibility index (Phi) is 3.49. The minimum atomic E-state index is -0.134. The first-order valence-corrected chi connectivity index (χ1v) is 7.38. The molecular formula is C18H22N2. The summed E-state index contributed by atoms with van der Waals surface area (Å²) in [6.45, 7) is 2.92. The van der Waals surface area contributed by atoms with Gasteiger partial charge in [-0.3, -0.25) is 0 Å². The molecule has 0 heterocycles. The fraction of sp³-hybridized carbons (Fsp3) is 0.333. The molecule has 2 nitrogen and oxygen atoms in total. The van der Waals surface area contributed by atoms with Gasteiger partial charge in [-0.2, -0.15) is 0 Å². The largest absolute Gasteiger partial charge is 0.374 e. The third kappa shape index (κ3) is 2.20. The summed E-state index contributed by atoms with van der Waals surface area (Å²) in [7, 11) is 0. The molecule has 2 aromatic carbocycles. The van der Waals surface area contributed by atoms with Gasteiger partial charge in [-0.15, -0.1) is 0 Å². The highest BCUT2D eigenvalue weighted by molar-refractivity contribution is 5.51. The Morgan fingerprint density at radius 1 is 1.10 bits per heavy atom. The number of fused-ring (bicyclic) bond motifs is 1. The summed E-state index contributed by atoms with van der Waals surface area (Å²) in [4.78, 5) is 0. The molecule has 20 heavy (non-hydrogen) atoms. The maximum atomic E-state index is 6.18. The van der Waals surface area contributed by atoms with Crippen molar-refractivity contribution in [1.82, 2.24) is 0 Å². The average Bonchev–Trinajstić information content (AvgIpc) is 2.52. The van der Waals surface area contributed by atoms with E-state index in [0.717, 1.165) is 12.1 Å². The van der Waals surface area contributed by atoms with Gasteiger partial charge in [0, 0.05) is 12.2 Å².